The van der Waals surface area contributed by atoms with E-state index in [-0.39, 0.29) is 11.6 Å². The molecule has 2 N–H and O–H groups in total. The van der Waals surface area contributed by atoms with E-state index in [0.29, 0.717) is 4.70 Å². The van der Waals surface area contributed by atoms with Crippen LogP contribution in [0.1, 0.15) is 39.3 Å². The third-order valence-corrected chi connectivity index (χ3v) is 6.12. The molecule has 4 rings (SSSR count). The minimum atomic E-state index is -0.549. The topological polar surface area (TPSA) is 80.4 Å². The molecule has 0 saturated carbocycles. The van der Waals surface area contributed by atoms with Crippen LogP contribution in [-0.4, -0.2) is 23.8 Å². The third kappa shape index (κ3) is 4.21. The van der Waals surface area contributed by atoms with Gasteiger partial charge in [-0.25, -0.2) is 4.79 Å². The summed E-state index contributed by atoms with van der Waals surface area (Å²) in [5.74, 6) is 0.727. The summed E-state index contributed by atoms with van der Waals surface area (Å²) < 4.78 is 11.7. The highest BCUT2D eigenvalue weighted by Crippen LogP contribution is 2.40. The average Bonchev–Trinajstić information content (AvgIpc) is 3.22. The van der Waals surface area contributed by atoms with Crippen molar-refractivity contribution in [3.8, 4) is 16.9 Å². The third-order valence-electron chi connectivity index (χ3n) is 5.21. The Labute approximate surface area is 190 Å². The molecular weight excluding hydrogens is 424 g/mol. The van der Waals surface area contributed by atoms with Gasteiger partial charge in [0.15, 0.2) is 0 Å². The van der Waals surface area contributed by atoms with Crippen molar-refractivity contribution >= 4 is 38.4 Å². The predicted octanol–water partition coefficient (Wildman–Crippen LogP) is 6.00. The minimum Gasteiger partial charge on any atom is -0.496 e. The van der Waals surface area contributed by atoms with Gasteiger partial charge in [0.1, 0.15) is 16.1 Å². The zero-order valence-corrected chi connectivity index (χ0v) is 19.6. The molecule has 0 fully saturated rings. The lowest BCUT2D eigenvalue weighted by atomic mass is 9.95. The van der Waals surface area contributed by atoms with Gasteiger partial charge in [-0.15, -0.1) is 11.3 Å². The van der Waals surface area contributed by atoms with Gasteiger partial charge in [-0.2, -0.15) is 0 Å². The number of methoxy groups -OCH3 is 1. The number of fused-ring (bicyclic) bond motifs is 3. The van der Waals surface area contributed by atoms with Crippen LogP contribution in [0, 0.1) is 0 Å². The molecule has 2 heterocycles. The molecule has 1 amide bonds. The first-order valence-electron chi connectivity index (χ1n) is 10.4. The van der Waals surface area contributed by atoms with Gasteiger partial charge in [0.25, 0.3) is 5.56 Å². The van der Waals surface area contributed by atoms with E-state index in [1.54, 1.807) is 7.11 Å². The lowest BCUT2D eigenvalue weighted by Crippen LogP contribution is -2.34. The Morgan fingerprint density at radius 2 is 1.81 bits per heavy atom. The highest BCUT2D eigenvalue weighted by molar-refractivity contribution is 7.17. The Morgan fingerprint density at radius 3 is 2.47 bits per heavy atom. The van der Waals surface area contributed by atoms with Crippen molar-refractivity contribution in [2.45, 2.75) is 39.3 Å². The number of benzene rings is 2. The van der Waals surface area contributed by atoms with Gasteiger partial charge >= 0.3 is 6.09 Å². The molecule has 0 bridgehead atoms. The van der Waals surface area contributed by atoms with Crippen molar-refractivity contribution in [2.75, 3.05) is 7.11 Å². The van der Waals surface area contributed by atoms with Crippen molar-refractivity contribution in [2.24, 2.45) is 0 Å². The molecule has 2 aromatic heterocycles. The molecule has 0 saturated heterocycles. The molecule has 0 unspecified atom stereocenters. The molecule has 0 aliphatic rings. The molecule has 0 aliphatic carbocycles. The van der Waals surface area contributed by atoms with Crippen LogP contribution in [0.2, 0.25) is 0 Å². The number of alkyl carbamates (subject to hydrolysis) is 1. The Morgan fingerprint density at radius 1 is 1.09 bits per heavy atom. The van der Waals surface area contributed by atoms with E-state index in [4.69, 9.17) is 9.47 Å². The second-order valence-corrected chi connectivity index (χ2v) is 9.59. The second-order valence-electron chi connectivity index (χ2n) is 8.67. The maximum atomic E-state index is 12.4. The molecule has 1 atom stereocenters. The molecule has 166 valence electrons. The first kappa shape index (κ1) is 21.9. The summed E-state index contributed by atoms with van der Waals surface area (Å²) in [6.45, 7) is 7.42. The summed E-state index contributed by atoms with van der Waals surface area (Å²) in [4.78, 5) is 27.5. The van der Waals surface area contributed by atoms with E-state index in [0.717, 1.165) is 38.7 Å². The van der Waals surface area contributed by atoms with Gasteiger partial charge in [-0.1, -0.05) is 24.3 Å². The number of carbonyl (C=O) groups is 1. The number of carbonyl (C=O) groups excluding carboxylic acids is 1. The van der Waals surface area contributed by atoms with E-state index in [2.05, 4.69) is 10.3 Å². The molecule has 4 aromatic rings. The molecular formula is C25H26N2O4S. The monoisotopic (exact) mass is 450 g/mol. The van der Waals surface area contributed by atoms with Gasteiger partial charge in [0, 0.05) is 21.9 Å². The van der Waals surface area contributed by atoms with E-state index in [9.17, 15) is 9.59 Å². The highest BCUT2D eigenvalue weighted by atomic mass is 32.1. The Balaban J connectivity index is 1.74. The molecule has 0 aliphatic heterocycles. The van der Waals surface area contributed by atoms with Crippen molar-refractivity contribution in [3.05, 3.63) is 63.8 Å². The summed E-state index contributed by atoms with van der Waals surface area (Å²) in [5, 5.41) is 6.65. The van der Waals surface area contributed by atoms with Crippen LogP contribution in [-0.2, 0) is 4.74 Å². The minimum absolute atomic E-state index is 0.0870. The van der Waals surface area contributed by atoms with Gasteiger partial charge in [0.05, 0.1) is 13.2 Å². The maximum absolute atomic E-state index is 12.4. The molecule has 0 spiro atoms. The van der Waals surface area contributed by atoms with Crippen LogP contribution in [0.25, 0.3) is 32.1 Å². The van der Waals surface area contributed by atoms with Crippen molar-refractivity contribution in [3.63, 3.8) is 0 Å². The van der Waals surface area contributed by atoms with Gasteiger partial charge in [0.2, 0.25) is 0 Å². The van der Waals surface area contributed by atoms with Gasteiger partial charge in [-0.05, 0) is 62.4 Å². The fraction of sp³-hybridized carbons (Fsp3) is 0.280. The maximum Gasteiger partial charge on any atom is 0.408 e. The largest absolute Gasteiger partial charge is 0.496 e. The van der Waals surface area contributed by atoms with Crippen LogP contribution in [0.4, 0.5) is 4.79 Å². The van der Waals surface area contributed by atoms with Crippen molar-refractivity contribution < 1.29 is 14.3 Å². The van der Waals surface area contributed by atoms with Gasteiger partial charge in [-0.3, -0.25) is 4.79 Å². The summed E-state index contributed by atoms with van der Waals surface area (Å²) in [7, 11) is 1.64. The molecule has 6 nitrogen and oxygen atoms in total. The SMILES string of the molecule is COc1ccc2[nH]c(=O)c3sccc3c2c1-c1ccc([C@H](C)NC(=O)OC(C)(C)C)cc1. The number of hydrogen-bond acceptors (Lipinski definition) is 5. The Hall–Kier alpha value is -3.32. The number of pyridine rings is 1. The number of aromatic amines is 1. The quantitative estimate of drug-likeness (QED) is 0.399. The van der Waals surface area contributed by atoms with E-state index in [1.165, 1.54) is 11.3 Å². The highest BCUT2D eigenvalue weighted by Gasteiger charge is 2.19. The lowest BCUT2D eigenvalue weighted by molar-refractivity contribution is 0.0508. The van der Waals surface area contributed by atoms with Crippen LogP contribution < -0.4 is 15.6 Å². The number of nitrogens with one attached hydrogen (secondary N) is 2. The number of amides is 1. The smallest absolute Gasteiger partial charge is 0.408 e. The summed E-state index contributed by atoms with van der Waals surface area (Å²) >= 11 is 1.43. The number of thiophene rings is 1. The average molecular weight is 451 g/mol. The second kappa shape index (κ2) is 8.31. The van der Waals surface area contributed by atoms with E-state index in [1.807, 2.05) is 75.5 Å². The summed E-state index contributed by atoms with van der Waals surface area (Å²) in [6, 6.07) is 13.5. The van der Waals surface area contributed by atoms with Crippen LogP contribution in [0.5, 0.6) is 5.75 Å². The number of H-pyrrole nitrogens is 1. The number of hydrogen-bond donors (Lipinski definition) is 2. The fourth-order valence-corrected chi connectivity index (χ4v) is 4.59. The van der Waals surface area contributed by atoms with E-state index >= 15 is 0 Å². The van der Waals surface area contributed by atoms with Crippen LogP contribution in [0.15, 0.2) is 52.6 Å². The summed E-state index contributed by atoms with van der Waals surface area (Å²) in [5.41, 5.74) is 2.96. The van der Waals surface area contributed by atoms with Crippen molar-refractivity contribution in [1.82, 2.24) is 10.3 Å². The molecule has 2 aromatic carbocycles. The molecule has 32 heavy (non-hydrogen) atoms. The fourth-order valence-electron chi connectivity index (χ4n) is 3.79. The first-order valence-corrected chi connectivity index (χ1v) is 11.3. The standard InChI is InChI=1S/C25H26N2O4S/c1-14(26-24(29)31-25(2,3)4)15-6-8-16(9-7-15)20-19(30-5)11-10-18-21(20)17-12-13-32-22(17)23(28)27-18/h6-14H,1-5H3,(H,26,29)(H,27,28)/t14-/m0/s1. The molecule has 7 heteroatoms. The van der Waals surface area contributed by atoms with Crippen LogP contribution >= 0.6 is 11.3 Å². The van der Waals surface area contributed by atoms with Gasteiger partial charge < -0.3 is 19.8 Å². The first-order chi connectivity index (χ1) is 15.2. The summed E-state index contributed by atoms with van der Waals surface area (Å²) in [6.07, 6.45) is -0.450. The zero-order valence-electron chi connectivity index (χ0n) is 18.7. The number of rotatable bonds is 4. The van der Waals surface area contributed by atoms with Crippen LogP contribution in [0.3, 0.4) is 0 Å². The Bertz CT molecular complexity index is 1350. The molecule has 0 radical (unpaired) electrons. The normalized spacial score (nSPS) is 12.7. The number of aromatic nitrogens is 1. The van der Waals surface area contributed by atoms with Crippen molar-refractivity contribution in [1.29, 1.82) is 0 Å². The zero-order chi connectivity index (χ0) is 23.0. The van der Waals surface area contributed by atoms with E-state index < -0.39 is 11.7 Å². The predicted molar refractivity (Wildman–Crippen MR) is 130 cm³/mol. The lowest BCUT2D eigenvalue weighted by Gasteiger charge is -2.22. The number of ether oxygens (including phenoxy) is 2. The Kier molecular flexibility index (Phi) is 5.69.